The van der Waals surface area contributed by atoms with Crippen LogP contribution in [0.15, 0.2) is 24.4 Å². The molecule has 0 spiro atoms. The molecule has 0 unspecified atom stereocenters. The highest BCUT2D eigenvalue weighted by Crippen LogP contribution is 1.98. The Bertz CT molecular complexity index is 360. The van der Waals surface area contributed by atoms with Crippen molar-refractivity contribution in [2.24, 2.45) is 0 Å². The number of aromatic nitrogens is 1. The molecule has 1 aromatic rings. The lowest BCUT2D eigenvalue weighted by atomic mass is 10.2. The number of nitrogens with zero attached hydrogens (tertiary/aromatic N) is 3. The van der Waals surface area contributed by atoms with Crippen molar-refractivity contribution in [2.45, 2.75) is 6.42 Å². The summed E-state index contributed by atoms with van der Waals surface area (Å²) in [5.74, 6) is 0.00764. The standard InChI is InChI=1S/C12H18N4O/c1-15-6-8-16(9-7-15)14-12(17)10-11-4-2-3-5-13-11/h2-5H,6-10H2,1H3,(H,14,17). The van der Waals surface area contributed by atoms with E-state index < -0.39 is 0 Å². The van der Waals surface area contributed by atoms with Crippen molar-refractivity contribution in [2.75, 3.05) is 33.2 Å². The number of carbonyl (C=O) groups is 1. The molecule has 0 atom stereocenters. The lowest BCUT2D eigenvalue weighted by Gasteiger charge is -2.32. The van der Waals surface area contributed by atoms with Crippen molar-refractivity contribution in [3.8, 4) is 0 Å². The Morgan fingerprint density at radius 3 is 2.76 bits per heavy atom. The third-order valence-electron chi connectivity index (χ3n) is 2.85. The van der Waals surface area contributed by atoms with E-state index in [1.165, 1.54) is 0 Å². The van der Waals surface area contributed by atoms with E-state index >= 15 is 0 Å². The number of pyridine rings is 1. The Morgan fingerprint density at radius 2 is 2.12 bits per heavy atom. The van der Waals surface area contributed by atoms with Crippen molar-refractivity contribution in [3.05, 3.63) is 30.1 Å². The zero-order chi connectivity index (χ0) is 12.1. The number of amides is 1. The normalized spacial score (nSPS) is 17.9. The number of piperazine rings is 1. The van der Waals surface area contributed by atoms with Crippen LogP contribution >= 0.6 is 0 Å². The zero-order valence-electron chi connectivity index (χ0n) is 10.1. The minimum atomic E-state index is 0.00764. The molecule has 1 amide bonds. The lowest BCUT2D eigenvalue weighted by Crippen LogP contribution is -2.52. The van der Waals surface area contributed by atoms with Crippen molar-refractivity contribution in [3.63, 3.8) is 0 Å². The van der Waals surface area contributed by atoms with Gasteiger partial charge in [-0.15, -0.1) is 0 Å². The molecule has 2 heterocycles. The van der Waals surface area contributed by atoms with E-state index in [9.17, 15) is 4.79 Å². The summed E-state index contributed by atoms with van der Waals surface area (Å²) in [7, 11) is 2.09. The molecule has 1 aliphatic heterocycles. The molecule has 2 rings (SSSR count). The SMILES string of the molecule is CN1CCN(NC(=O)Cc2ccccn2)CC1. The Labute approximate surface area is 101 Å². The molecular weight excluding hydrogens is 216 g/mol. The summed E-state index contributed by atoms with van der Waals surface area (Å²) in [6.07, 6.45) is 2.05. The fraction of sp³-hybridized carbons (Fsp3) is 0.500. The molecule has 0 saturated carbocycles. The molecule has 0 radical (unpaired) electrons. The van der Waals surface area contributed by atoms with Crippen LogP contribution < -0.4 is 5.43 Å². The van der Waals surface area contributed by atoms with Crippen LogP contribution in [0.4, 0.5) is 0 Å². The van der Waals surface area contributed by atoms with Crippen LogP contribution in [0.3, 0.4) is 0 Å². The van der Waals surface area contributed by atoms with Gasteiger partial charge in [-0.05, 0) is 19.2 Å². The second-order valence-corrected chi connectivity index (χ2v) is 4.32. The molecular formula is C12H18N4O. The second-order valence-electron chi connectivity index (χ2n) is 4.32. The molecule has 17 heavy (non-hydrogen) atoms. The van der Waals surface area contributed by atoms with Crippen molar-refractivity contribution in [1.82, 2.24) is 20.3 Å². The highest BCUT2D eigenvalue weighted by Gasteiger charge is 2.15. The van der Waals surface area contributed by atoms with Gasteiger partial charge in [0.2, 0.25) is 5.91 Å². The van der Waals surface area contributed by atoms with E-state index in [-0.39, 0.29) is 5.91 Å². The summed E-state index contributed by atoms with van der Waals surface area (Å²) in [5, 5.41) is 1.98. The van der Waals surface area contributed by atoms with E-state index in [0.717, 1.165) is 31.9 Å². The molecule has 5 nitrogen and oxygen atoms in total. The molecule has 1 N–H and O–H groups in total. The van der Waals surface area contributed by atoms with Crippen LogP contribution in [0.2, 0.25) is 0 Å². The average molecular weight is 234 g/mol. The first-order valence-corrected chi connectivity index (χ1v) is 5.87. The van der Waals surface area contributed by atoms with E-state index in [0.29, 0.717) is 6.42 Å². The highest BCUT2D eigenvalue weighted by atomic mass is 16.2. The summed E-state index contributed by atoms with van der Waals surface area (Å²) in [6.45, 7) is 3.74. The van der Waals surface area contributed by atoms with Gasteiger partial charge in [-0.2, -0.15) is 0 Å². The van der Waals surface area contributed by atoms with Gasteiger partial charge in [-0.25, -0.2) is 5.01 Å². The Balaban J connectivity index is 1.78. The number of nitrogens with one attached hydrogen (secondary N) is 1. The van der Waals surface area contributed by atoms with Crippen molar-refractivity contribution >= 4 is 5.91 Å². The molecule has 92 valence electrons. The van der Waals surface area contributed by atoms with Crippen LogP contribution in [-0.2, 0) is 11.2 Å². The third kappa shape index (κ3) is 3.80. The monoisotopic (exact) mass is 234 g/mol. The van der Waals surface area contributed by atoms with Gasteiger partial charge in [0.1, 0.15) is 0 Å². The van der Waals surface area contributed by atoms with Gasteiger partial charge in [-0.1, -0.05) is 6.07 Å². The second kappa shape index (κ2) is 5.75. The van der Waals surface area contributed by atoms with E-state index in [2.05, 4.69) is 22.4 Å². The maximum absolute atomic E-state index is 11.8. The first-order chi connectivity index (χ1) is 8.24. The van der Waals surface area contributed by atoms with E-state index in [1.54, 1.807) is 6.20 Å². The lowest BCUT2D eigenvalue weighted by molar-refractivity contribution is -0.126. The number of hydrogen-bond donors (Lipinski definition) is 1. The molecule has 1 aromatic heterocycles. The van der Waals surface area contributed by atoms with Gasteiger partial charge in [-0.3, -0.25) is 15.2 Å². The van der Waals surface area contributed by atoms with Gasteiger partial charge in [0.05, 0.1) is 6.42 Å². The van der Waals surface area contributed by atoms with Crippen LogP contribution in [0.1, 0.15) is 5.69 Å². The Morgan fingerprint density at radius 1 is 1.35 bits per heavy atom. The topological polar surface area (TPSA) is 48.5 Å². The summed E-state index contributed by atoms with van der Waals surface area (Å²) in [4.78, 5) is 18.1. The summed E-state index contributed by atoms with van der Waals surface area (Å²) in [5.41, 5.74) is 3.72. The van der Waals surface area contributed by atoms with E-state index in [4.69, 9.17) is 0 Å². The Hall–Kier alpha value is -1.46. The molecule has 1 saturated heterocycles. The van der Waals surface area contributed by atoms with Gasteiger partial charge in [0.25, 0.3) is 0 Å². The van der Waals surface area contributed by atoms with Crippen molar-refractivity contribution < 1.29 is 4.79 Å². The maximum Gasteiger partial charge on any atom is 0.240 e. The van der Waals surface area contributed by atoms with Gasteiger partial charge in [0, 0.05) is 38.1 Å². The fourth-order valence-electron chi connectivity index (χ4n) is 1.80. The number of hydrogen-bond acceptors (Lipinski definition) is 4. The maximum atomic E-state index is 11.8. The van der Waals surface area contributed by atoms with Gasteiger partial charge < -0.3 is 4.90 Å². The average Bonchev–Trinajstić information content (AvgIpc) is 2.33. The minimum absolute atomic E-state index is 0.00764. The third-order valence-corrected chi connectivity index (χ3v) is 2.85. The number of carbonyl (C=O) groups excluding carboxylic acids is 1. The smallest absolute Gasteiger partial charge is 0.240 e. The van der Waals surface area contributed by atoms with Gasteiger partial charge in [0.15, 0.2) is 0 Å². The zero-order valence-corrected chi connectivity index (χ0v) is 10.1. The predicted octanol–water partition coefficient (Wildman–Crippen LogP) is -0.0973. The number of likely N-dealkylation sites (N-methyl/N-ethyl adjacent to an activating group) is 1. The summed E-state index contributed by atoms with van der Waals surface area (Å²) >= 11 is 0. The summed E-state index contributed by atoms with van der Waals surface area (Å²) in [6, 6.07) is 5.61. The van der Waals surface area contributed by atoms with Crippen LogP contribution in [0, 0.1) is 0 Å². The number of rotatable bonds is 3. The molecule has 1 fully saturated rings. The predicted molar refractivity (Wildman–Crippen MR) is 65.2 cm³/mol. The molecule has 0 aromatic carbocycles. The van der Waals surface area contributed by atoms with Crippen LogP contribution in [-0.4, -0.2) is 54.0 Å². The molecule has 0 aliphatic carbocycles. The number of hydrazine groups is 1. The first-order valence-electron chi connectivity index (χ1n) is 5.87. The molecule has 1 aliphatic rings. The van der Waals surface area contributed by atoms with Gasteiger partial charge >= 0.3 is 0 Å². The summed E-state index contributed by atoms with van der Waals surface area (Å²) < 4.78 is 0. The molecule has 5 heteroatoms. The minimum Gasteiger partial charge on any atom is -0.304 e. The molecule has 0 bridgehead atoms. The van der Waals surface area contributed by atoms with Crippen LogP contribution in [0.25, 0.3) is 0 Å². The Kier molecular flexibility index (Phi) is 4.06. The highest BCUT2D eigenvalue weighted by molar-refractivity contribution is 5.77. The first kappa shape index (κ1) is 12.0. The van der Waals surface area contributed by atoms with Crippen molar-refractivity contribution in [1.29, 1.82) is 0 Å². The van der Waals surface area contributed by atoms with Crippen LogP contribution in [0.5, 0.6) is 0 Å². The quantitative estimate of drug-likeness (QED) is 0.793. The fourth-order valence-corrected chi connectivity index (χ4v) is 1.80. The largest absolute Gasteiger partial charge is 0.304 e. The van der Waals surface area contributed by atoms with E-state index in [1.807, 2.05) is 23.2 Å².